The van der Waals surface area contributed by atoms with Crippen LogP contribution in [0.2, 0.25) is 0 Å². The maximum Gasteiger partial charge on any atom is 0.261 e. The van der Waals surface area contributed by atoms with Gasteiger partial charge in [0, 0.05) is 30.0 Å². The molecule has 0 aliphatic heterocycles. The van der Waals surface area contributed by atoms with E-state index in [4.69, 9.17) is 0 Å². The van der Waals surface area contributed by atoms with Gasteiger partial charge in [-0.1, -0.05) is 26.8 Å². The molecule has 110 valence electrons. The maximum atomic E-state index is 12.4. The number of Topliss-reactive ketones (excluding diaryl/α,β-unsaturated/α-hetero) is 1. The lowest BCUT2D eigenvalue weighted by molar-refractivity contribution is 0.0990. The molecule has 2 aromatic rings. The summed E-state index contributed by atoms with van der Waals surface area (Å²) in [4.78, 5) is 28.8. The molecule has 4 heteroatoms. The van der Waals surface area contributed by atoms with Crippen LogP contribution in [0.4, 0.5) is 0 Å². The highest BCUT2D eigenvalue weighted by atomic mass is 16.1. The van der Waals surface area contributed by atoms with Gasteiger partial charge >= 0.3 is 0 Å². The molecular formula is C17H20N2O2. The van der Waals surface area contributed by atoms with E-state index >= 15 is 0 Å². The van der Waals surface area contributed by atoms with Crippen LogP contribution in [0.25, 0.3) is 0 Å². The molecule has 0 aliphatic rings. The predicted octanol–water partition coefficient (Wildman–Crippen LogP) is 2.50. The molecule has 0 unspecified atom stereocenters. The molecule has 0 atom stereocenters. The highest BCUT2D eigenvalue weighted by molar-refractivity contribution is 5.97. The molecule has 0 amide bonds. The van der Waals surface area contributed by atoms with E-state index < -0.39 is 0 Å². The van der Waals surface area contributed by atoms with Gasteiger partial charge < -0.3 is 4.57 Å². The third-order valence-corrected chi connectivity index (χ3v) is 3.44. The van der Waals surface area contributed by atoms with Gasteiger partial charge in [-0.25, -0.2) is 0 Å². The Morgan fingerprint density at radius 3 is 2.48 bits per heavy atom. The van der Waals surface area contributed by atoms with Crippen molar-refractivity contribution in [2.45, 2.75) is 32.6 Å². The summed E-state index contributed by atoms with van der Waals surface area (Å²) in [5, 5.41) is 0. The highest BCUT2D eigenvalue weighted by Crippen LogP contribution is 2.20. The molecule has 0 bridgehead atoms. The van der Waals surface area contributed by atoms with Gasteiger partial charge in [-0.2, -0.15) is 0 Å². The fourth-order valence-electron chi connectivity index (χ4n) is 2.36. The van der Waals surface area contributed by atoms with Gasteiger partial charge in [0.2, 0.25) is 0 Å². The zero-order chi connectivity index (χ0) is 15.6. The largest absolute Gasteiger partial charge is 0.315 e. The first-order chi connectivity index (χ1) is 9.80. The molecule has 2 rings (SSSR count). The number of rotatable bonds is 3. The summed E-state index contributed by atoms with van der Waals surface area (Å²) in [6.07, 6.45) is 1.79. The van der Waals surface area contributed by atoms with E-state index in [9.17, 15) is 9.59 Å². The van der Waals surface area contributed by atoms with Crippen molar-refractivity contribution >= 4 is 5.78 Å². The van der Waals surface area contributed by atoms with E-state index in [1.54, 1.807) is 36.0 Å². The Labute approximate surface area is 124 Å². The molecule has 0 spiro atoms. The Hall–Kier alpha value is -2.23. The minimum absolute atomic E-state index is 0.142. The topological polar surface area (TPSA) is 52.0 Å². The summed E-state index contributed by atoms with van der Waals surface area (Å²) < 4.78 is 1.56. The minimum atomic E-state index is -0.247. The third kappa shape index (κ3) is 3.27. The quantitative estimate of drug-likeness (QED) is 0.814. The van der Waals surface area contributed by atoms with Crippen LogP contribution in [-0.4, -0.2) is 15.3 Å². The van der Waals surface area contributed by atoms with Gasteiger partial charge in [0.1, 0.15) is 0 Å². The van der Waals surface area contributed by atoms with Crippen LogP contribution in [0.1, 0.15) is 42.5 Å². The van der Waals surface area contributed by atoms with Gasteiger partial charge in [0.15, 0.2) is 5.78 Å². The van der Waals surface area contributed by atoms with Crippen LogP contribution in [0.15, 0.2) is 41.3 Å². The molecule has 21 heavy (non-hydrogen) atoms. The zero-order valence-electron chi connectivity index (χ0n) is 12.9. The van der Waals surface area contributed by atoms with Gasteiger partial charge in [-0.05, 0) is 24.3 Å². The SMILES string of the molecule is Cn1c(C(C)(C)C)ccc(C(=O)Cc2ccccn2)c1=O. The summed E-state index contributed by atoms with van der Waals surface area (Å²) in [7, 11) is 1.71. The van der Waals surface area contributed by atoms with Gasteiger partial charge in [0.05, 0.1) is 12.0 Å². The number of pyridine rings is 2. The van der Waals surface area contributed by atoms with Crippen LogP contribution < -0.4 is 5.56 Å². The lowest BCUT2D eigenvalue weighted by Gasteiger charge is -2.22. The first-order valence-electron chi connectivity index (χ1n) is 6.94. The first-order valence-corrected chi connectivity index (χ1v) is 6.94. The monoisotopic (exact) mass is 284 g/mol. The molecular weight excluding hydrogens is 264 g/mol. The Kier molecular flexibility index (Phi) is 4.07. The van der Waals surface area contributed by atoms with Crippen molar-refractivity contribution in [2.24, 2.45) is 7.05 Å². The summed E-state index contributed by atoms with van der Waals surface area (Å²) in [5.74, 6) is -0.199. The van der Waals surface area contributed by atoms with Crippen LogP contribution >= 0.6 is 0 Å². The van der Waals surface area contributed by atoms with Gasteiger partial charge in [-0.15, -0.1) is 0 Å². The van der Waals surface area contributed by atoms with Crippen molar-refractivity contribution in [3.05, 3.63) is 63.8 Å². The average molecular weight is 284 g/mol. The van der Waals surface area contributed by atoms with Crippen molar-refractivity contribution in [3.63, 3.8) is 0 Å². The number of ketones is 1. The molecule has 2 aromatic heterocycles. The second kappa shape index (κ2) is 5.64. The van der Waals surface area contributed by atoms with Crippen LogP contribution in [0.5, 0.6) is 0 Å². The average Bonchev–Trinajstić information content (AvgIpc) is 2.41. The number of carbonyl (C=O) groups excluding carboxylic acids is 1. The molecule has 0 saturated carbocycles. The van der Waals surface area contributed by atoms with E-state index in [1.165, 1.54) is 0 Å². The number of hydrogen-bond donors (Lipinski definition) is 0. The molecule has 0 aliphatic carbocycles. The molecule has 0 aromatic carbocycles. The Morgan fingerprint density at radius 1 is 1.19 bits per heavy atom. The number of hydrogen-bond acceptors (Lipinski definition) is 3. The predicted molar refractivity (Wildman–Crippen MR) is 82.7 cm³/mol. The number of carbonyl (C=O) groups is 1. The second-order valence-corrected chi connectivity index (χ2v) is 6.17. The third-order valence-electron chi connectivity index (χ3n) is 3.44. The molecule has 0 radical (unpaired) electrons. The normalized spacial score (nSPS) is 11.4. The van der Waals surface area contributed by atoms with Crippen LogP contribution in [-0.2, 0) is 18.9 Å². The van der Waals surface area contributed by atoms with Crippen molar-refractivity contribution in [3.8, 4) is 0 Å². The lowest BCUT2D eigenvalue weighted by atomic mass is 9.90. The Bertz CT molecular complexity index is 710. The van der Waals surface area contributed by atoms with Crippen molar-refractivity contribution < 1.29 is 4.79 Å². The van der Waals surface area contributed by atoms with Gasteiger partial charge in [-0.3, -0.25) is 14.6 Å². The molecule has 4 nitrogen and oxygen atoms in total. The molecule has 0 fully saturated rings. The van der Waals surface area contributed by atoms with E-state index in [0.717, 1.165) is 5.69 Å². The standard InChI is InChI=1S/C17H20N2O2/c1-17(2,3)15-9-8-13(16(21)19(15)4)14(20)11-12-7-5-6-10-18-12/h5-10H,11H2,1-4H3. The first kappa shape index (κ1) is 15.2. The summed E-state index contributed by atoms with van der Waals surface area (Å²) in [5.41, 5.74) is 1.40. The second-order valence-electron chi connectivity index (χ2n) is 6.17. The Morgan fingerprint density at radius 2 is 1.90 bits per heavy atom. The smallest absolute Gasteiger partial charge is 0.261 e. The number of nitrogens with zero attached hydrogens (tertiary/aromatic N) is 2. The van der Waals surface area contributed by atoms with Crippen LogP contribution in [0.3, 0.4) is 0 Å². The summed E-state index contributed by atoms with van der Waals surface area (Å²) in [6.45, 7) is 6.12. The van der Waals surface area contributed by atoms with Crippen molar-refractivity contribution in [1.29, 1.82) is 0 Å². The molecule has 0 saturated heterocycles. The maximum absolute atomic E-state index is 12.4. The molecule has 2 heterocycles. The van der Waals surface area contributed by atoms with Crippen molar-refractivity contribution in [1.82, 2.24) is 9.55 Å². The zero-order valence-corrected chi connectivity index (χ0v) is 12.9. The van der Waals surface area contributed by atoms with Gasteiger partial charge in [0.25, 0.3) is 5.56 Å². The molecule has 0 N–H and O–H groups in total. The van der Waals surface area contributed by atoms with Crippen molar-refractivity contribution in [2.75, 3.05) is 0 Å². The van der Waals surface area contributed by atoms with E-state index in [0.29, 0.717) is 5.69 Å². The summed E-state index contributed by atoms with van der Waals surface area (Å²) >= 11 is 0. The number of aromatic nitrogens is 2. The summed E-state index contributed by atoms with van der Waals surface area (Å²) in [6, 6.07) is 8.90. The fraction of sp³-hybridized carbons (Fsp3) is 0.353. The lowest BCUT2D eigenvalue weighted by Crippen LogP contribution is -2.31. The highest BCUT2D eigenvalue weighted by Gasteiger charge is 2.20. The van der Waals surface area contributed by atoms with Crippen LogP contribution in [0, 0.1) is 0 Å². The van der Waals surface area contributed by atoms with E-state index in [1.807, 2.05) is 32.9 Å². The fourth-order valence-corrected chi connectivity index (χ4v) is 2.36. The van der Waals surface area contributed by atoms with E-state index in [-0.39, 0.29) is 28.7 Å². The Balaban J connectivity index is 2.36. The van der Waals surface area contributed by atoms with E-state index in [2.05, 4.69) is 4.98 Å². The minimum Gasteiger partial charge on any atom is -0.315 e.